The lowest BCUT2D eigenvalue weighted by atomic mass is 10.0. The van der Waals surface area contributed by atoms with E-state index in [-0.39, 0.29) is 19.1 Å². The highest BCUT2D eigenvalue weighted by atomic mass is 31.2. The summed E-state index contributed by atoms with van der Waals surface area (Å²) in [6.07, 6.45) is 92.0. The molecule has 0 saturated heterocycles. The van der Waals surface area contributed by atoms with Gasteiger partial charge in [0.25, 0.3) is 0 Å². The Labute approximate surface area is 530 Å². The van der Waals surface area contributed by atoms with Gasteiger partial charge in [0.15, 0.2) is 0 Å². The van der Waals surface area contributed by atoms with Crippen LogP contribution in [0.1, 0.15) is 367 Å². The minimum absolute atomic E-state index is 0.0761. The molecule has 0 rings (SSSR count). The van der Waals surface area contributed by atoms with Crippen molar-refractivity contribution in [3.8, 4) is 0 Å². The van der Waals surface area contributed by atoms with Gasteiger partial charge in [-0.2, -0.15) is 0 Å². The van der Waals surface area contributed by atoms with Crippen molar-refractivity contribution in [2.75, 3.05) is 40.9 Å². The van der Waals surface area contributed by atoms with Gasteiger partial charge in [0, 0.05) is 6.42 Å². The zero-order valence-electron chi connectivity index (χ0n) is 57.4. The van der Waals surface area contributed by atoms with Crippen LogP contribution in [0, 0.1) is 0 Å². The molecule has 0 saturated carbocycles. The molecular weight excluding hydrogens is 1070 g/mol. The van der Waals surface area contributed by atoms with Gasteiger partial charge in [-0.05, 0) is 57.8 Å². The quantitative estimate of drug-likeness (QED) is 0.0243. The van der Waals surface area contributed by atoms with Crippen molar-refractivity contribution in [1.29, 1.82) is 0 Å². The van der Waals surface area contributed by atoms with Crippen LogP contribution >= 0.6 is 7.82 Å². The van der Waals surface area contributed by atoms with Gasteiger partial charge in [-0.15, -0.1) is 0 Å². The number of carbonyl (C=O) groups is 1. The molecule has 1 amide bonds. The van der Waals surface area contributed by atoms with E-state index in [1.54, 1.807) is 0 Å². The normalized spacial score (nSPS) is 13.9. The first-order chi connectivity index (χ1) is 41.5. The Hall–Kier alpha value is -1.80. The highest BCUT2D eigenvalue weighted by Crippen LogP contribution is 2.43. The summed E-state index contributed by atoms with van der Waals surface area (Å²) in [6, 6.07) is -0.762. The van der Waals surface area contributed by atoms with Crippen molar-refractivity contribution >= 4 is 13.7 Å². The molecule has 0 aliphatic heterocycles. The molecule has 3 N–H and O–H groups in total. The maximum atomic E-state index is 13.1. The lowest BCUT2D eigenvalue weighted by Gasteiger charge is -2.26. The topological polar surface area (TPSA) is 105 Å². The molecule has 8 nitrogen and oxygen atoms in total. The average Bonchev–Trinajstić information content (AvgIpc) is 3.49. The Morgan fingerprint density at radius 2 is 0.706 bits per heavy atom. The van der Waals surface area contributed by atoms with Gasteiger partial charge in [0.1, 0.15) is 13.2 Å². The third kappa shape index (κ3) is 69.5. The number of quaternary nitrogens is 1. The third-order valence-electron chi connectivity index (χ3n) is 17.0. The van der Waals surface area contributed by atoms with Gasteiger partial charge in [0.05, 0.1) is 39.9 Å². The Balaban J connectivity index is 3.95. The number of rotatable bonds is 69. The lowest BCUT2D eigenvalue weighted by Crippen LogP contribution is -2.46. The van der Waals surface area contributed by atoms with Gasteiger partial charge in [0.2, 0.25) is 5.91 Å². The molecule has 0 radical (unpaired) electrons. The number of nitrogens with zero attached hydrogens (tertiary/aromatic N) is 1. The zero-order chi connectivity index (χ0) is 61.9. The average molecular weight is 1210 g/mol. The smallest absolute Gasteiger partial charge is 0.391 e. The highest BCUT2D eigenvalue weighted by Gasteiger charge is 2.28. The monoisotopic (exact) mass is 1210 g/mol. The molecule has 500 valence electrons. The SMILES string of the molecule is CC/C=C\C/C=C\C/C=C\C/C=C\C/C=C\CCCCCCCCCCCCCCCCCCCCCCCC(=O)NC(COP(=O)(O)OCC[N+](C)(C)C)C(O)CCCCCCCCCCCCCCCCCCCCCCCCCCCC. The van der Waals surface area contributed by atoms with E-state index in [4.69, 9.17) is 9.05 Å². The molecule has 0 aliphatic rings. The summed E-state index contributed by atoms with van der Waals surface area (Å²) < 4.78 is 23.9. The predicted octanol–water partition coefficient (Wildman–Crippen LogP) is 23.9. The van der Waals surface area contributed by atoms with E-state index in [0.717, 1.165) is 70.6 Å². The molecule has 0 heterocycles. The first-order valence-corrected chi connectivity index (χ1v) is 38.6. The molecule has 0 aliphatic carbocycles. The van der Waals surface area contributed by atoms with Gasteiger partial charge in [-0.1, -0.05) is 364 Å². The van der Waals surface area contributed by atoms with E-state index < -0.39 is 20.0 Å². The number of carbonyl (C=O) groups excluding carboxylic acids is 1. The standard InChI is InChI=1S/C76H145N2O6P/c1-6-8-10-12-14-16-18-20-22-24-26-28-30-32-34-35-36-37-38-39-40-41-42-43-44-46-48-50-52-54-56-58-60-62-64-66-68-70-76(80)77-74(73-84-85(81,82)83-72-71-78(3,4)5)75(79)69-67-65-63-61-59-57-55-53-51-49-47-45-33-31-29-27-25-23-21-19-17-15-13-11-9-7-2/h8,10,14,16,20,22,26,28,32,34,74-75,79H,6-7,9,11-13,15,17-19,21,23-25,27,29-31,33,35-73H2,1-5H3,(H-,77,80,81,82)/p+1/b10-8-,16-14-,22-20-,28-26-,34-32-. The number of aliphatic hydroxyl groups excluding tert-OH is 1. The summed E-state index contributed by atoms with van der Waals surface area (Å²) >= 11 is 0. The minimum atomic E-state index is -4.33. The summed E-state index contributed by atoms with van der Waals surface area (Å²) in [6.45, 7) is 4.83. The second-order valence-corrected chi connectivity index (χ2v) is 28.1. The lowest BCUT2D eigenvalue weighted by molar-refractivity contribution is -0.870. The van der Waals surface area contributed by atoms with E-state index in [0.29, 0.717) is 23.9 Å². The largest absolute Gasteiger partial charge is 0.472 e. The maximum absolute atomic E-state index is 13.1. The molecule has 9 heteroatoms. The molecule has 0 spiro atoms. The summed E-state index contributed by atoms with van der Waals surface area (Å²) in [7, 11) is 1.63. The van der Waals surface area contributed by atoms with Crippen molar-refractivity contribution in [1.82, 2.24) is 5.32 Å². The molecular formula is C76H146N2O6P+. The summed E-state index contributed by atoms with van der Waals surface area (Å²) in [5.41, 5.74) is 0. The first kappa shape index (κ1) is 83.2. The number of allylic oxidation sites excluding steroid dienone is 10. The second kappa shape index (κ2) is 66.6. The van der Waals surface area contributed by atoms with Crippen LogP contribution in [0.5, 0.6) is 0 Å². The number of phosphoric ester groups is 1. The van der Waals surface area contributed by atoms with Crippen molar-refractivity contribution in [2.24, 2.45) is 0 Å². The molecule has 0 bridgehead atoms. The van der Waals surface area contributed by atoms with Crippen molar-refractivity contribution in [2.45, 2.75) is 379 Å². The predicted molar refractivity (Wildman–Crippen MR) is 374 cm³/mol. The van der Waals surface area contributed by atoms with E-state index in [2.05, 4.69) is 79.9 Å². The molecule has 0 aromatic carbocycles. The van der Waals surface area contributed by atoms with Crippen LogP contribution in [0.15, 0.2) is 60.8 Å². The van der Waals surface area contributed by atoms with Gasteiger partial charge < -0.3 is 19.8 Å². The van der Waals surface area contributed by atoms with E-state index in [1.165, 1.54) is 270 Å². The molecule has 0 fully saturated rings. The van der Waals surface area contributed by atoms with Crippen LogP contribution in [-0.2, 0) is 18.4 Å². The Morgan fingerprint density at radius 1 is 0.412 bits per heavy atom. The van der Waals surface area contributed by atoms with E-state index in [9.17, 15) is 19.4 Å². The Bertz CT molecular complexity index is 1570. The Kier molecular flexibility index (Phi) is 65.2. The van der Waals surface area contributed by atoms with Crippen LogP contribution in [0.4, 0.5) is 0 Å². The van der Waals surface area contributed by atoms with Crippen molar-refractivity contribution < 1.29 is 32.9 Å². The van der Waals surface area contributed by atoms with Crippen LogP contribution in [0.3, 0.4) is 0 Å². The summed E-state index contributed by atoms with van der Waals surface area (Å²) in [5.74, 6) is -0.137. The molecule has 3 atom stereocenters. The highest BCUT2D eigenvalue weighted by molar-refractivity contribution is 7.47. The second-order valence-electron chi connectivity index (χ2n) is 26.7. The first-order valence-electron chi connectivity index (χ1n) is 37.2. The van der Waals surface area contributed by atoms with Gasteiger partial charge in [-0.25, -0.2) is 4.57 Å². The van der Waals surface area contributed by atoms with Crippen LogP contribution in [0.2, 0.25) is 0 Å². The number of nitrogens with one attached hydrogen (secondary N) is 1. The molecule has 0 aromatic heterocycles. The van der Waals surface area contributed by atoms with Gasteiger partial charge >= 0.3 is 7.82 Å². The van der Waals surface area contributed by atoms with Gasteiger partial charge in [-0.3, -0.25) is 13.8 Å². The fourth-order valence-corrected chi connectivity index (χ4v) is 12.1. The summed E-state index contributed by atoms with van der Waals surface area (Å²) in [5, 5.41) is 14.2. The maximum Gasteiger partial charge on any atom is 0.472 e. The molecule has 3 unspecified atom stereocenters. The van der Waals surface area contributed by atoms with Crippen molar-refractivity contribution in [3.05, 3.63) is 60.8 Å². The number of phosphoric acid groups is 1. The minimum Gasteiger partial charge on any atom is -0.391 e. The fraction of sp³-hybridized carbons (Fsp3) is 0.855. The Morgan fingerprint density at radius 3 is 1.04 bits per heavy atom. The number of hydrogen-bond acceptors (Lipinski definition) is 5. The number of likely N-dealkylation sites (N-methyl/N-ethyl adjacent to an activating group) is 1. The molecule has 85 heavy (non-hydrogen) atoms. The number of unbranched alkanes of at least 4 members (excludes halogenated alkanes) is 46. The van der Waals surface area contributed by atoms with Crippen LogP contribution in [-0.4, -0.2) is 73.4 Å². The number of hydrogen-bond donors (Lipinski definition) is 3. The number of amides is 1. The van der Waals surface area contributed by atoms with E-state index >= 15 is 0 Å². The fourth-order valence-electron chi connectivity index (χ4n) is 11.3. The zero-order valence-corrected chi connectivity index (χ0v) is 58.3. The van der Waals surface area contributed by atoms with Crippen molar-refractivity contribution in [3.63, 3.8) is 0 Å². The van der Waals surface area contributed by atoms with Crippen LogP contribution in [0.25, 0.3) is 0 Å². The number of aliphatic hydroxyl groups is 1. The third-order valence-corrected chi connectivity index (χ3v) is 18.0. The van der Waals surface area contributed by atoms with E-state index in [1.807, 2.05) is 21.1 Å². The summed E-state index contributed by atoms with van der Waals surface area (Å²) in [4.78, 5) is 23.5. The molecule has 0 aromatic rings. The van der Waals surface area contributed by atoms with Crippen LogP contribution < -0.4 is 5.32 Å².